The highest BCUT2D eigenvalue weighted by atomic mass is 16.6. The van der Waals surface area contributed by atoms with Gasteiger partial charge in [0.25, 0.3) is 11.8 Å². The number of fused-ring (bicyclic) bond motifs is 1. The number of rotatable bonds is 11. The molecule has 0 aliphatic carbocycles. The minimum absolute atomic E-state index is 0.161. The Morgan fingerprint density at radius 2 is 1.53 bits per heavy atom. The Morgan fingerprint density at radius 3 is 2.23 bits per heavy atom. The second-order valence-electron chi connectivity index (χ2n) is 9.80. The van der Waals surface area contributed by atoms with Crippen LogP contribution in [0.15, 0.2) is 72.8 Å². The number of nitrogens with one attached hydrogen (secondary N) is 2. The number of carbonyl (C=O) groups is 5. The number of methoxy groups -OCH3 is 2. The monoisotopic (exact) mass is 587 g/mol. The molecule has 1 aliphatic heterocycles. The molecule has 43 heavy (non-hydrogen) atoms. The van der Waals surface area contributed by atoms with E-state index in [1.807, 2.05) is 30.3 Å². The largest absolute Gasteiger partial charge is 0.467 e. The molecule has 0 saturated heterocycles. The fraction of sp³-hybridized carbons (Fsp3) is 0.281. The van der Waals surface area contributed by atoms with Gasteiger partial charge in [-0.25, -0.2) is 14.4 Å². The second-order valence-corrected chi connectivity index (χ2v) is 9.80. The van der Waals surface area contributed by atoms with Crippen LogP contribution in [0.1, 0.15) is 55.0 Å². The van der Waals surface area contributed by atoms with Gasteiger partial charge in [-0.05, 0) is 72.9 Å². The highest BCUT2D eigenvalue weighted by molar-refractivity contribution is 5.99. The van der Waals surface area contributed by atoms with Gasteiger partial charge >= 0.3 is 18.0 Å². The maximum Gasteiger partial charge on any atom is 0.414 e. The number of carbonyl (C=O) groups excluding carboxylic acids is 5. The van der Waals surface area contributed by atoms with Gasteiger partial charge in [-0.2, -0.15) is 0 Å². The standard InChI is InChI=1S/C32H33N3O8/c1-41-30(38)23-12-10-22(11-13-23)28(36)33-17-6-9-26(31(39)42-2)34-29(37)25-14-15-27-24(19-25)16-18-35(27)32(40)43-20-21-7-4-3-5-8-21/h3-5,7-8,10-15,19,26H,6,9,16-18,20H2,1-2H3,(H,33,36)(H,34,37)/t26-/m0/s1. The number of hydrogen-bond donors (Lipinski definition) is 2. The van der Waals surface area contributed by atoms with E-state index in [0.29, 0.717) is 41.8 Å². The molecule has 0 bridgehead atoms. The molecule has 1 aliphatic rings. The number of benzene rings is 3. The van der Waals surface area contributed by atoms with Crippen molar-refractivity contribution in [2.45, 2.75) is 31.9 Å². The van der Waals surface area contributed by atoms with Crippen LogP contribution in [0.4, 0.5) is 10.5 Å². The van der Waals surface area contributed by atoms with Crippen LogP contribution in [-0.2, 0) is 32.0 Å². The molecule has 224 valence electrons. The Labute approximate surface area is 249 Å². The molecule has 0 saturated carbocycles. The van der Waals surface area contributed by atoms with Crippen LogP contribution < -0.4 is 15.5 Å². The van der Waals surface area contributed by atoms with E-state index in [9.17, 15) is 24.0 Å². The van der Waals surface area contributed by atoms with Crippen LogP contribution in [-0.4, -0.2) is 63.2 Å². The van der Waals surface area contributed by atoms with Gasteiger partial charge in [-0.1, -0.05) is 30.3 Å². The van der Waals surface area contributed by atoms with Crippen LogP contribution in [0.25, 0.3) is 0 Å². The zero-order valence-electron chi connectivity index (χ0n) is 24.0. The first-order valence-electron chi connectivity index (χ1n) is 13.8. The van der Waals surface area contributed by atoms with E-state index in [1.165, 1.54) is 38.5 Å². The van der Waals surface area contributed by atoms with Crippen molar-refractivity contribution in [3.63, 3.8) is 0 Å². The fourth-order valence-electron chi connectivity index (χ4n) is 4.65. The lowest BCUT2D eigenvalue weighted by atomic mass is 10.1. The van der Waals surface area contributed by atoms with Crippen molar-refractivity contribution in [3.05, 3.63) is 101 Å². The first kappa shape index (κ1) is 30.8. The Balaban J connectivity index is 1.29. The number of nitrogens with zero attached hydrogens (tertiary/aromatic N) is 1. The highest BCUT2D eigenvalue weighted by Gasteiger charge is 2.28. The number of ether oxygens (including phenoxy) is 3. The van der Waals surface area contributed by atoms with Crippen molar-refractivity contribution in [2.24, 2.45) is 0 Å². The summed E-state index contributed by atoms with van der Waals surface area (Å²) in [5.41, 5.74) is 3.42. The zero-order valence-corrected chi connectivity index (χ0v) is 24.0. The average Bonchev–Trinajstić information content (AvgIpc) is 3.48. The molecule has 11 heteroatoms. The van der Waals surface area contributed by atoms with E-state index in [2.05, 4.69) is 15.4 Å². The summed E-state index contributed by atoms with van der Waals surface area (Å²) in [6.45, 7) is 0.838. The molecule has 3 amide bonds. The van der Waals surface area contributed by atoms with Crippen LogP contribution in [0.2, 0.25) is 0 Å². The first-order chi connectivity index (χ1) is 20.8. The van der Waals surface area contributed by atoms with Gasteiger partial charge in [0.05, 0.1) is 25.5 Å². The van der Waals surface area contributed by atoms with E-state index in [4.69, 9.17) is 9.47 Å². The summed E-state index contributed by atoms with van der Waals surface area (Å²) in [6, 6.07) is 19.5. The van der Waals surface area contributed by atoms with Gasteiger partial charge < -0.3 is 24.8 Å². The molecule has 0 fully saturated rings. The predicted molar refractivity (Wildman–Crippen MR) is 157 cm³/mol. The summed E-state index contributed by atoms with van der Waals surface area (Å²) in [7, 11) is 2.52. The molecule has 1 atom stereocenters. The molecule has 0 aromatic heterocycles. The lowest BCUT2D eigenvalue weighted by Gasteiger charge is -2.18. The summed E-state index contributed by atoms with van der Waals surface area (Å²) >= 11 is 0. The molecule has 3 aromatic carbocycles. The third-order valence-corrected chi connectivity index (χ3v) is 6.98. The van der Waals surface area contributed by atoms with E-state index >= 15 is 0 Å². The molecular weight excluding hydrogens is 554 g/mol. The van der Waals surface area contributed by atoms with Crippen molar-refractivity contribution >= 4 is 35.5 Å². The van der Waals surface area contributed by atoms with Crippen molar-refractivity contribution < 1.29 is 38.2 Å². The lowest BCUT2D eigenvalue weighted by Crippen LogP contribution is -2.42. The van der Waals surface area contributed by atoms with Crippen LogP contribution in [0.5, 0.6) is 0 Å². The molecule has 2 N–H and O–H groups in total. The molecular formula is C32H33N3O8. The molecule has 11 nitrogen and oxygen atoms in total. The smallest absolute Gasteiger partial charge is 0.414 e. The summed E-state index contributed by atoms with van der Waals surface area (Å²) in [6.07, 6.45) is 0.709. The number of esters is 2. The van der Waals surface area contributed by atoms with Gasteiger partial charge in [0, 0.05) is 24.2 Å². The van der Waals surface area contributed by atoms with Crippen molar-refractivity contribution in [1.29, 1.82) is 0 Å². The van der Waals surface area contributed by atoms with Crippen LogP contribution in [0.3, 0.4) is 0 Å². The summed E-state index contributed by atoms with van der Waals surface area (Å²) in [4.78, 5) is 63.6. The second kappa shape index (κ2) is 14.6. The topological polar surface area (TPSA) is 140 Å². The van der Waals surface area contributed by atoms with E-state index in [0.717, 1.165) is 11.1 Å². The number of anilines is 1. The quantitative estimate of drug-likeness (QED) is 0.197. The third kappa shape index (κ3) is 7.97. The van der Waals surface area contributed by atoms with E-state index in [1.54, 1.807) is 23.1 Å². The Hall–Kier alpha value is -5.19. The SMILES string of the molecule is COC(=O)c1ccc(C(=O)NCCC[C@H](NC(=O)c2ccc3c(c2)CCN3C(=O)OCc2ccccc2)C(=O)OC)cc1. The van der Waals surface area contributed by atoms with Gasteiger partial charge in [-0.15, -0.1) is 0 Å². The Kier molecular flexibility index (Phi) is 10.5. The summed E-state index contributed by atoms with van der Waals surface area (Å²) in [5, 5.41) is 5.47. The first-order valence-corrected chi connectivity index (χ1v) is 13.8. The normalized spacial score (nSPS) is 12.5. The zero-order chi connectivity index (χ0) is 30.8. The van der Waals surface area contributed by atoms with E-state index in [-0.39, 0.29) is 25.5 Å². The number of hydrogen-bond acceptors (Lipinski definition) is 8. The molecule has 0 radical (unpaired) electrons. The number of amides is 3. The van der Waals surface area contributed by atoms with Crippen LogP contribution in [0, 0.1) is 0 Å². The maximum atomic E-state index is 13.0. The van der Waals surface area contributed by atoms with E-state index < -0.39 is 30.0 Å². The summed E-state index contributed by atoms with van der Waals surface area (Å²) < 4.78 is 15.0. The molecule has 4 rings (SSSR count). The predicted octanol–water partition coefficient (Wildman–Crippen LogP) is 3.65. The van der Waals surface area contributed by atoms with Gasteiger partial charge in [-0.3, -0.25) is 14.5 Å². The van der Waals surface area contributed by atoms with Gasteiger partial charge in [0.1, 0.15) is 12.6 Å². The van der Waals surface area contributed by atoms with Crippen molar-refractivity contribution in [1.82, 2.24) is 10.6 Å². The molecule has 1 heterocycles. The van der Waals surface area contributed by atoms with Crippen LogP contribution >= 0.6 is 0 Å². The molecule has 0 unspecified atom stereocenters. The minimum atomic E-state index is -0.925. The maximum absolute atomic E-state index is 13.0. The molecule has 0 spiro atoms. The van der Waals surface area contributed by atoms with Crippen molar-refractivity contribution in [2.75, 3.05) is 32.2 Å². The van der Waals surface area contributed by atoms with Crippen molar-refractivity contribution in [3.8, 4) is 0 Å². The highest BCUT2D eigenvalue weighted by Crippen LogP contribution is 2.29. The third-order valence-electron chi connectivity index (χ3n) is 6.98. The Morgan fingerprint density at radius 1 is 0.837 bits per heavy atom. The Bertz CT molecular complexity index is 1470. The average molecular weight is 588 g/mol. The van der Waals surface area contributed by atoms with Gasteiger partial charge in [0.15, 0.2) is 0 Å². The fourth-order valence-corrected chi connectivity index (χ4v) is 4.65. The molecule has 3 aromatic rings. The minimum Gasteiger partial charge on any atom is -0.467 e. The summed E-state index contributed by atoms with van der Waals surface area (Å²) in [5.74, 6) is -1.90. The van der Waals surface area contributed by atoms with Gasteiger partial charge in [0.2, 0.25) is 0 Å². The lowest BCUT2D eigenvalue weighted by molar-refractivity contribution is -0.143.